The average molecular weight is 431 g/mol. The summed E-state index contributed by atoms with van der Waals surface area (Å²) >= 11 is 0. The number of benzene rings is 2. The summed E-state index contributed by atoms with van der Waals surface area (Å²) in [4.78, 5) is 27.7. The van der Waals surface area contributed by atoms with Crippen molar-refractivity contribution in [2.75, 3.05) is 25.0 Å². The number of furan rings is 1. The molecule has 0 unspecified atom stereocenters. The Morgan fingerprint density at radius 2 is 1.91 bits per heavy atom. The van der Waals surface area contributed by atoms with Crippen LogP contribution >= 0.6 is 0 Å². The van der Waals surface area contributed by atoms with Crippen molar-refractivity contribution in [3.05, 3.63) is 54.8 Å². The summed E-state index contributed by atoms with van der Waals surface area (Å²) in [6.07, 6.45) is 5.17. The molecule has 0 bridgehead atoms. The van der Waals surface area contributed by atoms with E-state index in [0.717, 1.165) is 60.1 Å². The number of amides is 2. The third kappa shape index (κ3) is 3.98. The first-order chi connectivity index (χ1) is 15.7. The van der Waals surface area contributed by atoms with Crippen molar-refractivity contribution in [2.24, 2.45) is 16.9 Å². The molecule has 164 valence electrons. The normalized spacial score (nSPS) is 16.7. The highest BCUT2D eigenvalue weighted by molar-refractivity contribution is 6.10. The fourth-order valence-electron chi connectivity index (χ4n) is 4.28. The number of carbonyl (C=O) groups is 2. The summed E-state index contributed by atoms with van der Waals surface area (Å²) in [5.41, 5.74) is 6.58. The lowest BCUT2D eigenvalue weighted by Gasteiger charge is -2.40. The van der Waals surface area contributed by atoms with E-state index in [4.69, 9.17) is 4.42 Å². The Morgan fingerprint density at radius 1 is 1.16 bits per heavy atom. The van der Waals surface area contributed by atoms with Gasteiger partial charge in [0.2, 0.25) is 12.3 Å². The van der Waals surface area contributed by atoms with E-state index in [0.29, 0.717) is 18.2 Å². The van der Waals surface area contributed by atoms with Crippen molar-refractivity contribution >= 4 is 34.8 Å². The molecular formula is C25H26N4O3. The van der Waals surface area contributed by atoms with Gasteiger partial charge in [-0.2, -0.15) is 5.10 Å². The molecule has 2 aliphatic rings. The number of fused-ring (bicyclic) bond motifs is 1. The molecule has 1 aliphatic carbocycles. The fourth-order valence-corrected chi connectivity index (χ4v) is 4.28. The standard InChI is InChI=1S/C25H26N4O3/c1-26-27-24(12-17-14-28(15-17)25(31)19-2-3-19)29(16-30)22-7-4-18(5-8-22)20-6-9-23-21(13-20)10-11-32-23/h4-11,13,16-17,19,26H,2-3,12,14-15H2,1H3/b27-24-. The van der Waals surface area contributed by atoms with Crippen molar-refractivity contribution in [1.29, 1.82) is 0 Å². The van der Waals surface area contributed by atoms with Crippen LogP contribution in [0.2, 0.25) is 0 Å². The maximum Gasteiger partial charge on any atom is 0.225 e. The van der Waals surface area contributed by atoms with Gasteiger partial charge in [0.25, 0.3) is 0 Å². The minimum Gasteiger partial charge on any atom is -0.464 e. The minimum atomic E-state index is 0.251. The Bertz CT molecular complexity index is 1160. The minimum absolute atomic E-state index is 0.251. The Balaban J connectivity index is 1.29. The molecule has 32 heavy (non-hydrogen) atoms. The van der Waals surface area contributed by atoms with E-state index in [1.165, 1.54) is 0 Å². The van der Waals surface area contributed by atoms with Crippen LogP contribution in [0.4, 0.5) is 5.69 Å². The monoisotopic (exact) mass is 430 g/mol. The molecule has 3 aromatic rings. The fraction of sp³-hybridized carbons (Fsp3) is 0.320. The van der Waals surface area contributed by atoms with Gasteiger partial charge in [0, 0.05) is 49.5 Å². The molecule has 7 nitrogen and oxygen atoms in total. The van der Waals surface area contributed by atoms with Gasteiger partial charge in [-0.05, 0) is 54.3 Å². The lowest BCUT2D eigenvalue weighted by atomic mass is 9.94. The Morgan fingerprint density at radius 3 is 2.59 bits per heavy atom. The second-order valence-electron chi connectivity index (χ2n) is 8.53. The molecule has 7 heteroatoms. The van der Waals surface area contributed by atoms with Gasteiger partial charge in [0.15, 0.2) is 0 Å². The third-order valence-corrected chi connectivity index (χ3v) is 6.22. The van der Waals surface area contributed by atoms with Crippen LogP contribution < -0.4 is 10.3 Å². The number of anilines is 1. The maximum atomic E-state index is 12.2. The quantitative estimate of drug-likeness (QED) is 0.267. The number of hydrazone groups is 1. The first-order valence-corrected chi connectivity index (χ1v) is 11.0. The van der Waals surface area contributed by atoms with Crippen molar-refractivity contribution < 1.29 is 14.0 Å². The number of amidine groups is 1. The van der Waals surface area contributed by atoms with Gasteiger partial charge in [-0.3, -0.25) is 14.5 Å². The predicted octanol–water partition coefficient (Wildman–Crippen LogP) is 3.85. The van der Waals surface area contributed by atoms with Crippen LogP contribution in [0.3, 0.4) is 0 Å². The molecule has 0 radical (unpaired) electrons. The number of hydrogen-bond acceptors (Lipinski definition) is 5. The summed E-state index contributed by atoms with van der Waals surface area (Å²) in [5, 5.41) is 5.42. The topological polar surface area (TPSA) is 78.2 Å². The summed E-state index contributed by atoms with van der Waals surface area (Å²) in [6.45, 7) is 1.47. The zero-order valence-corrected chi connectivity index (χ0v) is 18.0. The molecule has 5 rings (SSSR count). The van der Waals surface area contributed by atoms with Crippen LogP contribution in [0, 0.1) is 11.8 Å². The summed E-state index contributed by atoms with van der Waals surface area (Å²) in [5.74, 6) is 1.50. The van der Waals surface area contributed by atoms with E-state index in [1.807, 2.05) is 47.4 Å². The molecule has 2 amide bonds. The van der Waals surface area contributed by atoms with Gasteiger partial charge < -0.3 is 14.7 Å². The van der Waals surface area contributed by atoms with Crippen LogP contribution in [0.25, 0.3) is 22.1 Å². The molecular weight excluding hydrogens is 404 g/mol. The molecule has 2 fully saturated rings. The van der Waals surface area contributed by atoms with Crippen LogP contribution in [-0.4, -0.2) is 43.2 Å². The number of likely N-dealkylation sites (tertiary alicyclic amines) is 1. The Labute approximate surface area is 186 Å². The second kappa shape index (κ2) is 8.49. The summed E-state index contributed by atoms with van der Waals surface area (Å²) in [6, 6.07) is 15.9. The lowest BCUT2D eigenvalue weighted by molar-refractivity contribution is -0.138. The molecule has 1 aliphatic heterocycles. The largest absolute Gasteiger partial charge is 0.464 e. The van der Waals surface area contributed by atoms with Crippen molar-refractivity contribution in [3.63, 3.8) is 0 Å². The first kappa shape index (κ1) is 20.3. The molecule has 2 aromatic carbocycles. The smallest absolute Gasteiger partial charge is 0.225 e. The SMILES string of the molecule is CN/N=C(/CC1CN(C(=O)C2CC2)C1)N(C=O)c1ccc(-c2ccc3occc3c2)cc1. The highest BCUT2D eigenvalue weighted by atomic mass is 16.3. The zero-order chi connectivity index (χ0) is 22.1. The van der Waals surface area contributed by atoms with Gasteiger partial charge in [0.05, 0.1) is 6.26 Å². The van der Waals surface area contributed by atoms with Crippen molar-refractivity contribution in [3.8, 4) is 11.1 Å². The number of carbonyl (C=O) groups excluding carboxylic acids is 2. The predicted molar refractivity (Wildman–Crippen MR) is 124 cm³/mol. The zero-order valence-electron chi connectivity index (χ0n) is 18.0. The molecule has 1 N–H and O–H groups in total. The number of rotatable bonds is 7. The van der Waals surface area contributed by atoms with Crippen LogP contribution in [-0.2, 0) is 9.59 Å². The number of nitrogens with one attached hydrogen (secondary N) is 1. The molecule has 0 spiro atoms. The average Bonchev–Trinajstić information content (AvgIpc) is 3.53. The van der Waals surface area contributed by atoms with E-state index >= 15 is 0 Å². The van der Waals surface area contributed by atoms with Crippen LogP contribution in [0.5, 0.6) is 0 Å². The van der Waals surface area contributed by atoms with E-state index in [-0.39, 0.29) is 11.8 Å². The van der Waals surface area contributed by atoms with Gasteiger partial charge in [0.1, 0.15) is 11.4 Å². The van der Waals surface area contributed by atoms with Crippen molar-refractivity contribution in [1.82, 2.24) is 10.3 Å². The molecule has 1 saturated carbocycles. The molecule has 2 heterocycles. The maximum absolute atomic E-state index is 12.2. The second-order valence-corrected chi connectivity index (χ2v) is 8.53. The number of hydrogen-bond donors (Lipinski definition) is 1. The van der Waals surface area contributed by atoms with Crippen LogP contribution in [0.1, 0.15) is 19.3 Å². The van der Waals surface area contributed by atoms with Gasteiger partial charge >= 0.3 is 0 Å². The highest BCUT2D eigenvalue weighted by Gasteiger charge is 2.39. The Kier molecular flexibility index (Phi) is 5.39. The van der Waals surface area contributed by atoms with Gasteiger partial charge in [-0.25, -0.2) is 0 Å². The first-order valence-electron chi connectivity index (χ1n) is 11.0. The van der Waals surface area contributed by atoms with E-state index in [2.05, 4.69) is 16.6 Å². The highest BCUT2D eigenvalue weighted by Crippen LogP contribution is 2.34. The Hall–Kier alpha value is -3.61. The lowest BCUT2D eigenvalue weighted by Crippen LogP contribution is -2.52. The van der Waals surface area contributed by atoms with Crippen LogP contribution in [0.15, 0.2) is 64.3 Å². The van der Waals surface area contributed by atoms with Crippen molar-refractivity contribution in [2.45, 2.75) is 19.3 Å². The van der Waals surface area contributed by atoms with E-state index < -0.39 is 0 Å². The van der Waals surface area contributed by atoms with E-state index in [1.54, 1.807) is 18.2 Å². The number of nitrogens with zero attached hydrogens (tertiary/aromatic N) is 3. The summed E-state index contributed by atoms with van der Waals surface area (Å²) in [7, 11) is 1.72. The van der Waals surface area contributed by atoms with Gasteiger partial charge in [-0.1, -0.05) is 18.2 Å². The summed E-state index contributed by atoms with van der Waals surface area (Å²) < 4.78 is 5.42. The van der Waals surface area contributed by atoms with Gasteiger partial charge in [-0.15, -0.1) is 0 Å². The molecule has 1 aromatic heterocycles. The molecule has 0 atom stereocenters. The third-order valence-electron chi connectivity index (χ3n) is 6.22. The van der Waals surface area contributed by atoms with E-state index in [9.17, 15) is 9.59 Å². The molecule has 1 saturated heterocycles.